The topological polar surface area (TPSA) is 51.8 Å². The summed E-state index contributed by atoms with van der Waals surface area (Å²) < 4.78 is 13.4. The quantitative estimate of drug-likeness (QED) is 0.539. The van der Waals surface area contributed by atoms with E-state index in [1.807, 2.05) is 0 Å². The maximum Gasteiger partial charge on any atom is 0.158 e. The van der Waals surface area contributed by atoms with E-state index in [-0.39, 0.29) is 5.82 Å². The zero-order chi connectivity index (χ0) is 6.69. The van der Waals surface area contributed by atoms with Crippen molar-refractivity contribution in [3.8, 4) is 0 Å². The molecule has 0 unspecified atom stereocenters. The van der Waals surface area contributed by atoms with E-state index in [0.29, 0.717) is 5.72 Å². The average molecular weight is 97.1 g/mol. The van der Waals surface area contributed by atoms with Gasteiger partial charge in [0.1, 0.15) is 5.82 Å². The molecule has 0 bridgehead atoms. The Balaban J connectivity index is 2.85. The van der Waals surface area contributed by atoms with E-state index >= 15 is 0 Å². The summed E-state index contributed by atoms with van der Waals surface area (Å²) in [5.41, 5.74) is 0.410. The maximum atomic E-state index is 6.72. The molecule has 0 aromatic carbocycles. The Labute approximate surface area is 44.1 Å². The summed E-state index contributed by atoms with van der Waals surface area (Å²) in [7, 11) is 0. The van der Waals surface area contributed by atoms with Crippen molar-refractivity contribution in [1.29, 1.82) is 0 Å². The molecule has 2 N–H and O–H groups in total. The lowest BCUT2D eigenvalue weighted by Crippen LogP contribution is -1.87. The molecule has 0 saturated carbocycles. The first-order chi connectivity index (χ1) is 4.30. The number of nitrogen functional groups attached to an aromatic ring is 1. The zero-order valence-corrected chi connectivity index (χ0v) is 3.57. The van der Waals surface area contributed by atoms with Crippen LogP contribution in [-0.2, 0) is 0 Å². The maximum absolute atomic E-state index is 6.72. The first-order valence-corrected chi connectivity index (χ1v) is 1.84. The van der Waals surface area contributed by atoms with Crippen LogP contribution in [0, 0.1) is 0 Å². The third-order valence-corrected chi connectivity index (χ3v) is 0.550. The second-order valence-corrected chi connectivity index (χ2v) is 1.06. The summed E-state index contributed by atoms with van der Waals surface area (Å²) in [6.07, 6.45) is 4.28. The Hall–Kier alpha value is -1.12. The minimum atomic E-state index is 0.220. The van der Waals surface area contributed by atoms with Crippen LogP contribution in [0.2, 0.25) is 2.82 Å². The van der Waals surface area contributed by atoms with Crippen molar-refractivity contribution in [3.05, 3.63) is 18.6 Å². The van der Waals surface area contributed by atoms with Crippen LogP contribution in [0.3, 0.4) is 0 Å². The standard InChI is InChI=1S/C4H5N3/c5-4-3-6-1-2-7-4/h1-3H,(H2,5,7)/i/hD2. The molecule has 1 heterocycles. The van der Waals surface area contributed by atoms with Crippen LogP contribution >= 0.6 is 0 Å². The molecule has 0 amide bonds. The van der Waals surface area contributed by atoms with Crippen LogP contribution in [0.5, 0.6) is 0 Å². The Morgan fingerprint density at radius 1 is 1.71 bits per heavy atom. The van der Waals surface area contributed by atoms with Crippen LogP contribution in [0.15, 0.2) is 18.6 Å². The predicted molar refractivity (Wildman–Crippen MR) is 26.4 cm³/mol. The number of hydrogen-bond donors (Lipinski definition) is 1. The normalized spacial score (nSPS) is 12.0. The van der Waals surface area contributed by atoms with Gasteiger partial charge in [0, 0.05) is 12.4 Å². The Kier molecular flexibility index (Phi) is 0.500. The molecular weight excluding hydrogens is 90.1 g/mol. The van der Waals surface area contributed by atoms with Crippen molar-refractivity contribution in [3.63, 3.8) is 0 Å². The number of rotatable bonds is 1. The van der Waals surface area contributed by atoms with Crippen LogP contribution in [0.1, 0.15) is 0 Å². The number of anilines is 1. The van der Waals surface area contributed by atoms with Gasteiger partial charge in [-0.3, -0.25) is 4.98 Å². The van der Waals surface area contributed by atoms with Crippen molar-refractivity contribution >= 4 is 5.82 Å². The lowest BCUT2D eigenvalue weighted by atomic mass is 10.7. The second kappa shape index (κ2) is 1.55. The summed E-state index contributed by atoms with van der Waals surface area (Å²) in [4.78, 5) is 7.33. The fourth-order valence-corrected chi connectivity index (χ4v) is 0.291. The van der Waals surface area contributed by atoms with E-state index in [0.717, 1.165) is 0 Å². The van der Waals surface area contributed by atoms with Crippen molar-refractivity contribution in [2.24, 2.45) is 0 Å². The Morgan fingerprint density at radius 2 is 2.71 bits per heavy atom. The van der Waals surface area contributed by atoms with Gasteiger partial charge in [-0.1, -0.05) is 0 Å². The fraction of sp³-hybridized carbons (Fsp3) is 0. The van der Waals surface area contributed by atoms with Crippen LogP contribution < -0.4 is 5.72 Å². The summed E-state index contributed by atoms with van der Waals surface area (Å²) in [6.45, 7) is 0. The highest BCUT2D eigenvalue weighted by atomic mass is 14.9. The average Bonchev–Trinajstić information content (AvgIpc) is 1.90. The van der Waals surface area contributed by atoms with E-state index in [2.05, 4.69) is 9.97 Å². The fourth-order valence-electron chi connectivity index (χ4n) is 0.291. The van der Waals surface area contributed by atoms with E-state index in [1.165, 1.54) is 18.6 Å². The Morgan fingerprint density at radius 3 is 3.14 bits per heavy atom. The molecule has 7 heavy (non-hydrogen) atoms. The molecule has 0 atom stereocenters. The highest BCUT2D eigenvalue weighted by Gasteiger charge is 1.74. The molecule has 0 aliphatic rings. The van der Waals surface area contributed by atoms with Gasteiger partial charge in [-0.2, -0.15) is 0 Å². The molecule has 3 nitrogen and oxygen atoms in total. The molecule has 0 saturated heterocycles. The van der Waals surface area contributed by atoms with Gasteiger partial charge >= 0.3 is 0 Å². The largest absolute Gasteiger partial charge is 0.382 e. The van der Waals surface area contributed by atoms with Crippen molar-refractivity contribution < 1.29 is 2.82 Å². The molecule has 36 valence electrons. The number of nitrogens with two attached hydrogens (primary N) is 1. The molecular formula is C4H5N3. The molecule has 0 spiro atoms. The lowest BCUT2D eigenvalue weighted by molar-refractivity contribution is 1.21. The summed E-state index contributed by atoms with van der Waals surface area (Å²) in [5.74, 6) is 0.220. The highest BCUT2D eigenvalue weighted by Crippen LogP contribution is 1.84. The van der Waals surface area contributed by atoms with Gasteiger partial charge in [-0.15, -0.1) is 0 Å². The molecule has 0 radical (unpaired) electrons. The minimum Gasteiger partial charge on any atom is -0.382 e. The number of aromatic nitrogens is 2. The van der Waals surface area contributed by atoms with E-state index in [1.54, 1.807) is 0 Å². The molecule has 1 rings (SSSR count). The number of hydrogen-bond acceptors (Lipinski definition) is 3. The highest BCUT2D eigenvalue weighted by molar-refractivity contribution is 5.20. The summed E-state index contributed by atoms with van der Waals surface area (Å²) >= 11 is 0. The van der Waals surface area contributed by atoms with E-state index in [4.69, 9.17) is 2.82 Å². The molecule has 1 aromatic heterocycles. The first-order valence-electron chi connectivity index (χ1n) is 2.74. The first kappa shape index (κ1) is 2.26. The van der Waals surface area contributed by atoms with Gasteiger partial charge in [-0.05, 0) is 0 Å². The lowest BCUT2D eigenvalue weighted by Gasteiger charge is -1.82. The molecule has 0 aliphatic heterocycles. The van der Waals surface area contributed by atoms with Crippen LogP contribution in [0.4, 0.5) is 5.82 Å². The summed E-state index contributed by atoms with van der Waals surface area (Å²) in [6, 6.07) is 0. The molecule has 1 aromatic rings. The van der Waals surface area contributed by atoms with Gasteiger partial charge in [0.2, 0.25) is 0 Å². The van der Waals surface area contributed by atoms with Gasteiger partial charge in [0.15, 0.2) is 2.82 Å². The van der Waals surface area contributed by atoms with Crippen molar-refractivity contribution in [2.45, 2.75) is 0 Å². The summed E-state index contributed by atoms with van der Waals surface area (Å²) in [5, 5.41) is 0. The monoisotopic (exact) mass is 97.1 g/mol. The smallest absolute Gasteiger partial charge is 0.158 e. The zero-order valence-electron chi connectivity index (χ0n) is 5.57. The van der Waals surface area contributed by atoms with Crippen LogP contribution in [-0.4, -0.2) is 9.97 Å². The van der Waals surface area contributed by atoms with E-state index < -0.39 is 0 Å². The minimum absolute atomic E-state index is 0.220. The van der Waals surface area contributed by atoms with E-state index in [9.17, 15) is 0 Å². The van der Waals surface area contributed by atoms with Gasteiger partial charge in [-0.25, -0.2) is 4.98 Å². The SMILES string of the molecule is [2H]N([2H])c1cnccn1. The third-order valence-electron chi connectivity index (χ3n) is 0.550. The Bertz CT molecular complexity index is 176. The number of nitrogens with zero attached hydrogens (tertiary/aromatic N) is 2. The van der Waals surface area contributed by atoms with Crippen molar-refractivity contribution in [1.82, 2.24) is 9.97 Å². The van der Waals surface area contributed by atoms with Gasteiger partial charge in [0.05, 0.1) is 6.20 Å². The second-order valence-electron chi connectivity index (χ2n) is 1.06. The predicted octanol–water partition coefficient (Wildman–Crippen LogP) is 0.0588. The molecule has 3 heteroatoms. The van der Waals surface area contributed by atoms with Crippen LogP contribution in [0.25, 0.3) is 0 Å². The molecule has 0 fully saturated rings. The molecule has 0 aliphatic carbocycles. The van der Waals surface area contributed by atoms with Gasteiger partial charge < -0.3 is 5.72 Å². The van der Waals surface area contributed by atoms with Gasteiger partial charge in [0.25, 0.3) is 0 Å². The van der Waals surface area contributed by atoms with Crippen molar-refractivity contribution in [2.75, 3.05) is 5.72 Å². The third kappa shape index (κ3) is 0.855.